The Morgan fingerprint density at radius 2 is 1.77 bits per heavy atom. The van der Waals surface area contributed by atoms with Crippen molar-refractivity contribution in [2.45, 2.75) is 19.4 Å². The van der Waals surface area contributed by atoms with Crippen LogP contribution < -0.4 is 0 Å². The molecule has 2 rings (SSSR count). The number of aliphatic carboxylic acids is 1. The van der Waals surface area contributed by atoms with Gasteiger partial charge >= 0.3 is 5.97 Å². The van der Waals surface area contributed by atoms with Crippen LogP contribution in [0.15, 0.2) is 54.9 Å². The Morgan fingerprint density at radius 1 is 1.14 bits per heavy atom. The van der Waals surface area contributed by atoms with E-state index in [0.717, 1.165) is 5.56 Å². The summed E-state index contributed by atoms with van der Waals surface area (Å²) in [5, 5.41) is 8.92. The van der Waals surface area contributed by atoms with Crippen molar-refractivity contribution < 1.29 is 14.7 Å². The minimum Gasteiger partial charge on any atom is -0.481 e. The van der Waals surface area contributed by atoms with Gasteiger partial charge in [0, 0.05) is 24.5 Å². The molecule has 2 aromatic rings. The second-order valence-corrected chi connectivity index (χ2v) is 4.96. The molecule has 5 nitrogen and oxygen atoms in total. The standard InChI is InChI=1S/C17H18N2O3/c1-13(14-5-3-2-4-6-14)19(12-9-16(20)21)17(22)15-7-10-18-11-8-15/h2-8,10-11,13H,9,12H2,1H3,(H,20,21). The minimum atomic E-state index is -0.923. The lowest BCUT2D eigenvalue weighted by atomic mass is 10.1. The zero-order valence-corrected chi connectivity index (χ0v) is 12.3. The van der Waals surface area contributed by atoms with E-state index in [1.54, 1.807) is 29.4 Å². The molecule has 0 spiro atoms. The average molecular weight is 298 g/mol. The summed E-state index contributed by atoms with van der Waals surface area (Å²) >= 11 is 0. The fraction of sp³-hybridized carbons (Fsp3) is 0.235. The van der Waals surface area contributed by atoms with E-state index in [9.17, 15) is 9.59 Å². The lowest BCUT2D eigenvalue weighted by Crippen LogP contribution is -2.35. The molecule has 0 aliphatic heterocycles. The van der Waals surface area contributed by atoms with Gasteiger partial charge in [-0.1, -0.05) is 30.3 Å². The highest BCUT2D eigenvalue weighted by Crippen LogP contribution is 2.22. The van der Waals surface area contributed by atoms with Crippen molar-refractivity contribution in [2.75, 3.05) is 6.54 Å². The Hall–Kier alpha value is -2.69. The van der Waals surface area contributed by atoms with E-state index in [-0.39, 0.29) is 24.9 Å². The lowest BCUT2D eigenvalue weighted by molar-refractivity contribution is -0.137. The van der Waals surface area contributed by atoms with Crippen LogP contribution in [0.25, 0.3) is 0 Å². The smallest absolute Gasteiger partial charge is 0.305 e. The number of nitrogens with zero attached hydrogens (tertiary/aromatic N) is 2. The summed E-state index contributed by atoms with van der Waals surface area (Å²) in [4.78, 5) is 29.0. The number of benzene rings is 1. The third-order valence-corrected chi connectivity index (χ3v) is 3.50. The van der Waals surface area contributed by atoms with Crippen LogP contribution >= 0.6 is 0 Å². The molecule has 1 unspecified atom stereocenters. The number of carboxylic acid groups (broad SMARTS) is 1. The van der Waals surface area contributed by atoms with Crippen molar-refractivity contribution in [3.63, 3.8) is 0 Å². The SMILES string of the molecule is CC(c1ccccc1)N(CCC(=O)O)C(=O)c1ccncc1. The molecule has 22 heavy (non-hydrogen) atoms. The summed E-state index contributed by atoms with van der Waals surface area (Å²) in [6, 6.07) is 12.6. The van der Waals surface area contributed by atoms with E-state index in [1.165, 1.54) is 0 Å². The van der Waals surface area contributed by atoms with E-state index < -0.39 is 5.97 Å². The summed E-state index contributed by atoms with van der Waals surface area (Å²) in [5.41, 5.74) is 1.47. The van der Waals surface area contributed by atoms with Crippen molar-refractivity contribution >= 4 is 11.9 Å². The summed E-state index contributed by atoms with van der Waals surface area (Å²) in [6.07, 6.45) is 3.01. The van der Waals surface area contributed by atoms with Gasteiger partial charge in [-0.15, -0.1) is 0 Å². The zero-order chi connectivity index (χ0) is 15.9. The van der Waals surface area contributed by atoms with Crippen LogP contribution in [-0.2, 0) is 4.79 Å². The predicted octanol–water partition coefficient (Wildman–Crippen LogP) is 2.76. The van der Waals surface area contributed by atoms with Crippen LogP contribution in [0, 0.1) is 0 Å². The molecule has 0 aliphatic rings. The fourth-order valence-electron chi connectivity index (χ4n) is 2.26. The number of carbonyl (C=O) groups is 2. The van der Waals surface area contributed by atoms with Gasteiger partial charge in [0.15, 0.2) is 0 Å². The monoisotopic (exact) mass is 298 g/mol. The maximum absolute atomic E-state index is 12.7. The number of carboxylic acids is 1. The molecule has 5 heteroatoms. The second-order valence-electron chi connectivity index (χ2n) is 4.96. The molecule has 0 saturated carbocycles. The van der Waals surface area contributed by atoms with Crippen molar-refractivity contribution in [1.29, 1.82) is 0 Å². The van der Waals surface area contributed by atoms with Crippen molar-refractivity contribution in [1.82, 2.24) is 9.88 Å². The topological polar surface area (TPSA) is 70.5 Å². The Morgan fingerprint density at radius 3 is 2.36 bits per heavy atom. The van der Waals surface area contributed by atoms with E-state index >= 15 is 0 Å². The highest BCUT2D eigenvalue weighted by atomic mass is 16.4. The van der Waals surface area contributed by atoms with Crippen molar-refractivity contribution in [3.8, 4) is 0 Å². The van der Waals surface area contributed by atoms with Gasteiger partial charge in [-0.2, -0.15) is 0 Å². The maximum atomic E-state index is 12.7. The molecule has 1 aromatic heterocycles. The number of aromatic nitrogens is 1. The van der Waals surface area contributed by atoms with Crippen LogP contribution in [0.2, 0.25) is 0 Å². The van der Waals surface area contributed by atoms with Crippen LogP contribution in [0.3, 0.4) is 0 Å². The quantitative estimate of drug-likeness (QED) is 0.890. The summed E-state index contributed by atoms with van der Waals surface area (Å²) in [6.45, 7) is 2.06. The van der Waals surface area contributed by atoms with E-state index in [1.807, 2.05) is 37.3 Å². The van der Waals surface area contributed by atoms with Gasteiger partial charge in [-0.3, -0.25) is 14.6 Å². The van der Waals surface area contributed by atoms with Gasteiger partial charge in [-0.05, 0) is 24.6 Å². The summed E-state index contributed by atoms with van der Waals surface area (Å²) in [5.74, 6) is -1.12. The third kappa shape index (κ3) is 3.91. The molecule has 1 heterocycles. The van der Waals surface area contributed by atoms with Crippen LogP contribution in [0.5, 0.6) is 0 Å². The Bertz CT molecular complexity index is 629. The highest BCUT2D eigenvalue weighted by molar-refractivity contribution is 5.94. The van der Waals surface area contributed by atoms with Gasteiger partial charge in [0.25, 0.3) is 5.91 Å². The number of hydrogen-bond acceptors (Lipinski definition) is 3. The fourth-order valence-corrected chi connectivity index (χ4v) is 2.26. The molecule has 114 valence electrons. The van der Waals surface area contributed by atoms with Gasteiger partial charge in [0.2, 0.25) is 0 Å². The molecular weight excluding hydrogens is 280 g/mol. The number of rotatable bonds is 6. The molecule has 0 radical (unpaired) electrons. The van der Waals surface area contributed by atoms with Crippen molar-refractivity contribution in [2.24, 2.45) is 0 Å². The van der Waals surface area contributed by atoms with Gasteiger partial charge in [-0.25, -0.2) is 0 Å². The number of carbonyl (C=O) groups excluding carboxylic acids is 1. The number of hydrogen-bond donors (Lipinski definition) is 1. The molecule has 0 aliphatic carbocycles. The Kier molecular flexibility index (Phi) is 5.25. The third-order valence-electron chi connectivity index (χ3n) is 3.50. The molecule has 0 fully saturated rings. The predicted molar refractivity (Wildman–Crippen MR) is 82.4 cm³/mol. The second kappa shape index (κ2) is 7.36. The average Bonchev–Trinajstić information content (AvgIpc) is 2.56. The van der Waals surface area contributed by atoms with E-state index in [4.69, 9.17) is 5.11 Å². The lowest BCUT2D eigenvalue weighted by Gasteiger charge is -2.29. The first-order valence-electron chi connectivity index (χ1n) is 7.07. The normalized spacial score (nSPS) is 11.7. The highest BCUT2D eigenvalue weighted by Gasteiger charge is 2.23. The summed E-state index contributed by atoms with van der Waals surface area (Å²) < 4.78 is 0. The first-order chi connectivity index (χ1) is 10.6. The van der Waals surface area contributed by atoms with Crippen LogP contribution in [0.4, 0.5) is 0 Å². The Balaban J connectivity index is 2.26. The molecule has 1 aromatic carbocycles. The molecular formula is C17H18N2O3. The van der Waals surface area contributed by atoms with Gasteiger partial charge in [0.1, 0.15) is 0 Å². The molecule has 0 bridgehead atoms. The van der Waals surface area contributed by atoms with Gasteiger partial charge < -0.3 is 10.0 Å². The maximum Gasteiger partial charge on any atom is 0.305 e. The first kappa shape index (κ1) is 15.7. The van der Waals surface area contributed by atoms with E-state index in [2.05, 4.69) is 4.98 Å². The van der Waals surface area contributed by atoms with Crippen LogP contribution in [0.1, 0.15) is 35.3 Å². The number of pyridine rings is 1. The Labute approximate surface area is 129 Å². The largest absolute Gasteiger partial charge is 0.481 e. The minimum absolute atomic E-state index is 0.0893. The molecule has 1 atom stereocenters. The molecule has 1 amide bonds. The molecule has 0 saturated heterocycles. The zero-order valence-electron chi connectivity index (χ0n) is 12.3. The van der Waals surface area contributed by atoms with E-state index in [0.29, 0.717) is 5.56 Å². The first-order valence-corrected chi connectivity index (χ1v) is 7.07. The van der Waals surface area contributed by atoms with Crippen molar-refractivity contribution in [3.05, 3.63) is 66.0 Å². The summed E-state index contributed by atoms with van der Waals surface area (Å²) in [7, 11) is 0. The van der Waals surface area contributed by atoms with Crippen LogP contribution in [-0.4, -0.2) is 33.4 Å². The number of amides is 1. The van der Waals surface area contributed by atoms with Gasteiger partial charge in [0.05, 0.1) is 12.5 Å². The molecule has 1 N–H and O–H groups in total.